The number of amides is 2. The van der Waals surface area contributed by atoms with Gasteiger partial charge < -0.3 is 9.84 Å². The highest BCUT2D eigenvalue weighted by Crippen LogP contribution is 2.27. The van der Waals surface area contributed by atoms with Gasteiger partial charge >= 0.3 is 0 Å². The molecule has 0 spiro atoms. The molecule has 5 nitrogen and oxygen atoms in total. The first-order valence-corrected chi connectivity index (χ1v) is 7.59. The summed E-state index contributed by atoms with van der Waals surface area (Å²) in [6, 6.07) is 8.74. The van der Waals surface area contributed by atoms with Crippen LogP contribution in [-0.4, -0.2) is 41.6 Å². The molecule has 0 aliphatic carbocycles. The van der Waals surface area contributed by atoms with Crippen LogP contribution < -0.4 is 0 Å². The summed E-state index contributed by atoms with van der Waals surface area (Å²) in [4.78, 5) is 25.4. The number of benzene rings is 1. The lowest BCUT2D eigenvalue weighted by Gasteiger charge is -2.14. The Hall–Kier alpha value is -2.14. The Labute approximate surface area is 130 Å². The summed E-state index contributed by atoms with van der Waals surface area (Å²) in [6.45, 7) is 3.53. The van der Waals surface area contributed by atoms with Crippen molar-refractivity contribution in [2.24, 2.45) is 0 Å². The Morgan fingerprint density at radius 2 is 1.73 bits per heavy atom. The first-order valence-electron chi connectivity index (χ1n) is 7.59. The Morgan fingerprint density at radius 1 is 1.05 bits per heavy atom. The van der Waals surface area contributed by atoms with Gasteiger partial charge in [0.15, 0.2) is 5.76 Å². The van der Waals surface area contributed by atoms with Gasteiger partial charge in [-0.2, -0.15) is 0 Å². The number of ether oxygens (including phenoxy) is 1. The van der Waals surface area contributed by atoms with E-state index in [2.05, 4.69) is 6.92 Å². The molecule has 5 heteroatoms. The average molecular weight is 303 g/mol. The maximum Gasteiger partial charge on any atom is 0.296 e. The van der Waals surface area contributed by atoms with E-state index < -0.39 is 17.6 Å². The minimum absolute atomic E-state index is 0.0810. The number of nitrogens with zero attached hydrogens (tertiary/aromatic N) is 1. The quantitative estimate of drug-likeness (QED) is 0.592. The van der Waals surface area contributed by atoms with Crippen molar-refractivity contribution in [2.75, 3.05) is 19.8 Å². The lowest BCUT2D eigenvalue weighted by molar-refractivity contribution is -0.138. The van der Waals surface area contributed by atoms with Crippen molar-refractivity contribution >= 4 is 17.4 Å². The molecule has 0 saturated heterocycles. The molecule has 0 radical (unpaired) electrons. The standard InChI is InChI=1S/C17H21NO4/c1-2-3-11-22-12-7-10-18-16(20)14(15(19)17(18)21)13-8-5-4-6-9-13/h4-6,8-9,19H,2-3,7,10-12H2,1H3. The molecule has 1 aromatic carbocycles. The summed E-state index contributed by atoms with van der Waals surface area (Å²) in [5.41, 5.74) is 0.637. The van der Waals surface area contributed by atoms with Gasteiger partial charge in [-0.25, -0.2) is 0 Å². The second-order valence-electron chi connectivity index (χ2n) is 5.17. The van der Waals surface area contributed by atoms with Crippen LogP contribution in [0.2, 0.25) is 0 Å². The smallest absolute Gasteiger partial charge is 0.296 e. The van der Waals surface area contributed by atoms with Crippen LogP contribution in [0.3, 0.4) is 0 Å². The predicted octanol–water partition coefficient (Wildman–Crippen LogP) is 2.53. The van der Waals surface area contributed by atoms with Crippen LogP contribution in [-0.2, 0) is 14.3 Å². The highest BCUT2D eigenvalue weighted by Gasteiger charge is 2.38. The molecule has 118 valence electrons. The van der Waals surface area contributed by atoms with E-state index in [1.54, 1.807) is 24.3 Å². The van der Waals surface area contributed by atoms with Crippen LogP contribution in [0.15, 0.2) is 36.1 Å². The molecule has 0 bridgehead atoms. The third-order valence-electron chi connectivity index (χ3n) is 3.52. The Kier molecular flexibility index (Phi) is 5.72. The molecule has 22 heavy (non-hydrogen) atoms. The van der Waals surface area contributed by atoms with Crippen LogP contribution in [0.5, 0.6) is 0 Å². The third-order valence-corrected chi connectivity index (χ3v) is 3.52. The van der Waals surface area contributed by atoms with Crippen LogP contribution in [0.1, 0.15) is 31.7 Å². The molecule has 0 saturated carbocycles. The number of hydrogen-bond acceptors (Lipinski definition) is 4. The van der Waals surface area contributed by atoms with Crippen molar-refractivity contribution in [3.63, 3.8) is 0 Å². The molecule has 1 heterocycles. The molecular weight excluding hydrogens is 282 g/mol. The molecule has 0 aromatic heterocycles. The maximum absolute atomic E-state index is 12.3. The van der Waals surface area contributed by atoms with Gasteiger partial charge in [-0.05, 0) is 18.4 Å². The fourth-order valence-corrected chi connectivity index (χ4v) is 2.30. The molecule has 0 unspecified atom stereocenters. The topological polar surface area (TPSA) is 66.8 Å². The van der Waals surface area contributed by atoms with E-state index in [-0.39, 0.29) is 12.1 Å². The zero-order valence-corrected chi connectivity index (χ0v) is 12.7. The van der Waals surface area contributed by atoms with E-state index in [4.69, 9.17) is 4.74 Å². The molecular formula is C17H21NO4. The fraction of sp³-hybridized carbons (Fsp3) is 0.412. The lowest BCUT2D eigenvalue weighted by Crippen LogP contribution is -2.33. The molecule has 1 N–H and O–H groups in total. The summed E-state index contributed by atoms with van der Waals surface area (Å²) < 4.78 is 5.42. The zero-order valence-electron chi connectivity index (χ0n) is 12.7. The van der Waals surface area contributed by atoms with Gasteiger partial charge in [-0.3, -0.25) is 14.5 Å². The second kappa shape index (κ2) is 7.75. The summed E-state index contributed by atoms with van der Waals surface area (Å²) in [5.74, 6) is -1.54. The first-order chi connectivity index (χ1) is 10.7. The van der Waals surface area contributed by atoms with Crippen molar-refractivity contribution in [2.45, 2.75) is 26.2 Å². The normalized spacial score (nSPS) is 15.0. The monoisotopic (exact) mass is 303 g/mol. The lowest BCUT2D eigenvalue weighted by atomic mass is 10.1. The van der Waals surface area contributed by atoms with Crippen molar-refractivity contribution in [1.82, 2.24) is 4.90 Å². The summed E-state index contributed by atoms with van der Waals surface area (Å²) >= 11 is 0. The van der Waals surface area contributed by atoms with E-state index in [0.717, 1.165) is 17.7 Å². The van der Waals surface area contributed by atoms with Crippen molar-refractivity contribution in [1.29, 1.82) is 0 Å². The average Bonchev–Trinajstić information content (AvgIpc) is 2.74. The number of carbonyl (C=O) groups excluding carboxylic acids is 2. The van der Waals surface area contributed by atoms with E-state index >= 15 is 0 Å². The third kappa shape index (κ3) is 3.54. The van der Waals surface area contributed by atoms with E-state index in [9.17, 15) is 14.7 Å². The zero-order chi connectivity index (χ0) is 15.9. The number of rotatable bonds is 8. The van der Waals surface area contributed by atoms with Crippen LogP contribution >= 0.6 is 0 Å². The number of aliphatic hydroxyl groups excluding tert-OH is 1. The van der Waals surface area contributed by atoms with E-state index in [1.165, 1.54) is 0 Å². The molecule has 2 amide bonds. The fourth-order valence-electron chi connectivity index (χ4n) is 2.30. The van der Waals surface area contributed by atoms with Gasteiger partial charge in [0, 0.05) is 19.8 Å². The van der Waals surface area contributed by atoms with Gasteiger partial charge in [-0.15, -0.1) is 0 Å². The van der Waals surface area contributed by atoms with Gasteiger partial charge in [0.1, 0.15) is 0 Å². The summed E-state index contributed by atoms with van der Waals surface area (Å²) in [7, 11) is 0. The van der Waals surface area contributed by atoms with Crippen molar-refractivity contribution < 1.29 is 19.4 Å². The van der Waals surface area contributed by atoms with E-state index in [1.807, 2.05) is 6.07 Å². The van der Waals surface area contributed by atoms with Crippen LogP contribution in [0, 0.1) is 0 Å². The second-order valence-corrected chi connectivity index (χ2v) is 5.17. The molecule has 0 fully saturated rings. The summed E-state index contributed by atoms with van der Waals surface area (Å²) in [5, 5.41) is 9.96. The number of carbonyl (C=O) groups is 2. The number of unbranched alkanes of at least 4 members (excludes halogenated alkanes) is 1. The Morgan fingerprint density at radius 3 is 2.41 bits per heavy atom. The van der Waals surface area contributed by atoms with Gasteiger partial charge in [0.2, 0.25) is 0 Å². The molecule has 2 rings (SSSR count). The van der Waals surface area contributed by atoms with Crippen LogP contribution in [0.25, 0.3) is 5.57 Å². The van der Waals surface area contributed by atoms with Crippen molar-refractivity contribution in [3.8, 4) is 0 Å². The molecule has 0 atom stereocenters. The Balaban J connectivity index is 1.94. The molecule has 1 aliphatic heterocycles. The highest BCUT2D eigenvalue weighted by molar-refractivity contribution is 6.34. The van der Waals surface area contributed by atoms with Gasteiger partial charge in [-0.1, -0.05) is 43.7 Å². The number of aliphatic hydroxyl groups is 1. The largest absolute Gasteiger partial charge is 0.502 e. The highest BCUT2D eigenvalue weighted by atomic mass is 16.5. The number of hydrogen-bond donors (Lipinski definition) is 1. The van der Waals surface area contributed by atoms with Gasteiger partial charge in [0.05, 0.1) is 5.57 Å². The number of imide groups is 1. The molecule has 1 aliphatic rings. The van der Waals surface area contributed by atoms with Gasteiger partial charge in [0.25, 0.3) is 11.8 Å². The predicted molar refractivity (Wildman–Crippen MR) is 83.1 cm³/mol. The summed E-state index contributed by atoms with van der Waals surface area (Å²) in [6.07, 6.45) is 2.64. The maximum atomic E-state index is 12.3. The minimum Gasteiger partial charge on any atom is -0.502 e. The van der Waals surface area contributed by atoms with E-state index in [0.29, 0.717) is 25.2 Å². The SMILES string of the molecule is CCCCOCCCN1C(=O)C(O)=C(c2ccccc2)C1=O. The minimum atomic E-state index is -0.627. The molecule has 1 aromatic rings. The van der Waals surface area contributed by atoms with Crippen molar-refractivity contribution in [3.05, 3.63) is 41.7 Å². The Bertz CT molecular complexity index is 565. The van der Waals surface area contributed by atoms with Crippen LogP contribution in [0.4, 0.5) is 0 Å². The first kappa shape index (κ1) is 16.2.